The number of pyridine rings is 1. The first-order valence-corrected chi connectivity index (χ1v) is 5.69. The predicted molar refractivity (Wildman–Crippen MR) is 67.5 cm³/mol. The second-order valence-corrected chi connectivity index (χ2v) is 3.94. The summed E-state index contributed by atoms with van der Waals surface area (Å²) in [5.41, 5.74) is 8.18. The van der Waals surface area contributed by atoms with E-state index in [4.69, 9.17) is 5.73 Å². The second kappa shape index (κ2) is 5.57. The molecule has 0 saturated carbocycles. The largest absolute Gasteiger partial charge is 0.382 e. The SMILES string of the molecule is NCCc1cccc(C(O)c2ccccn2)c1. The van der Waals surface area contributed by atoms with Gasteiger partial charge < -0.3 is 10.8 Å². The fourth-order valence-electron chi connectivity index (χ4n) is 1.79. The van der Waals surface area contributed by atoms with Crippen molar-refractivity contribution >= 4 is 0 Å². The minimum absolute atomic E-state index is 0.614. The van der Waals surface area contributed by atoms with Crippen molar-refractivity contribution in [1.82, 2.24) is 4.98 Å². The highest BCUT2D eigenvalue weighted by Gasteiger charge is 2.11. The van der Waals surface area contributed by atoms with Crippen LogP contribution in [0.15, 0.2) is 48.7 Å². The molecule has 3 nitrogen and oxygen atoms in total. The van der Waals surface area contributed by atoms with Crippen LogP contribution in [0.25, 0.3) is 0 Å². The van der Waals surface area contributed by atoms with Gasteiger partial charge in [0, 0.05) is 6.20 Å². The number of rotatable bonds is 4. The number of nitrogens with zero attached hydrogens (tertiary/aromatic N) is 1. The van der Waals surface area contributed by atoms with Crippen LogP contribution in [0.5, 0.6) is 0 Å². The Balaban J connectivity index is 2.25. The Morgan fingerprint density at radius 1 is 1.18 bits per heavy atom. The molecule has 0 aliphatic heterocycles. The smallest absolute Gasteiger partial charge is 0.121 e. The number of aliphatic hydroxyl groups is 1. The standard InChI is InChI=1S/C14H16N2O/c15-8-7-11-4-3-5-12(10-11)14(17)13-6-1-2-9-16-13/h1-6,9-10,14,17H,7-8,15H2. The first kappa shape index (κ1) is 11.8. The maximum atomic E-state index is 10.2. The van der Waals surface area contributed by atoms with Crippen molar-refractivity contribution in [2.75, 3.05) is 6.54 Å². The Morgan fingerprint density at radius 2 is 2.06 bits per heavy atom. The summed E-state index contributed by atoms with van der Waals surface area (Å²) in [7, 11) is 0. The molecule has 0 spiro atoms. The van der Waals surface area contributed by atoms with Crippen molar-refractivity contribution in [3.05, 3.63) is 65.5 Å². The molecule has 0 fully saturated rings. The average molecular weight is 228 g/mol. The zero-order valence-electron chi connectivity index (χ0n) is 9.58. The lowest BCUT2D eigenvalue weighted by atomic mass is 10.0. The number of hydrogen-bond acceptors (Lipinski definition) is 3. The van der Waals surface area contributed by atoms with Crippen LogP contribution < -0.4 is 5.73 Å². The maximum absolute atomic E-state index is 10.2. The molecule has 17 heavy (non-hydrogen) atoms. The maximum Gasteiger partial charge on any atom is 0.121 e. The number of aliphatic hydroxyl groups excluding tert-OH is 1. The zero-order valence-corrected chi connectivity index (χ0v) is 9.58. The number of nitrogens with two attached hydrogens (primary N) is 1. The molecule has 1 heterocycles. The molecule has 0 saturated heterocycles. The highest BCUT2D eigenvalue weighted by molar-refractivity contribution is 5.30. The third-order valence-electron chi connectivity index (χ3n) is 2.67. The van der Waals surface area contributed by atoms with E-state index < -0.39 is 6.10 Å². The lowest BCUT2D eigenvalue weighted by molar-refractivity contribution is 0.215. The molecule has 1 aromatic carbocycles. The Bertz CT molecular complexity index is 471. The molecular formula is C14H16N2O. The van der Waals surface area contributed by atoms with Gasteiger partial charge in [0.25, 0.3) is 0 Å². The summed E-state index contributed by atoms with van der Waals surface area (Å²) in [4.78, 5) is 4.16. The number of hydrogen-bond donors (Lipinski definition) is 2. The van der Waals surface area contributed by atoms with E-state index in [1.54, 1.807) is 6.20 Å². The molecule has 0 aliphatic rings. The third-order valence-corrected chi connectivity index (χ3v) is 2.67. The van der Waals surface area contributed by atoms with Crippen LogP contribution >= 0.6 is 0 Å². The van der Waals surface area contributed by atoms with Crippen molar-refractivity contribution in [3.8, 4) is 0 Å². The predicted octanol–water partition coefficient (Wildman–Crippen LogP) is 1.66. The molecule has 2 aromatic rings. The zero-order chi connectivity index (χ0) is 12.1. The van der Waals surface area contributed by atoms with Crippen LogP contribution in [0.2, 0.25) is 0 Å². The van der Waals surface area contributed by atoms with E-state index in [-0.39, 0.29) is 0 Å². The van der Waals surface area contributed by atoms with Crippen LogP contribution in [-0.2, 0) is 6.42 Å². The van der Waals surface area contributed by atoms with Gasteiger partial charge in [0.15, 0.2) is 0 Å². The topological polar surface area (TPSA) is 59.1 Å². The van der Waals surface area contributed by atoms with E-state index >= 15 is 0 Å². The van der Waals surface area contributed by atoms with E-state index in [0.29, 0.717) is 12.2 Å². The summed E-state index contributed by atoms with van der Waals surface area (Å²) < 4.78 is 0. The molecule has 88 valence electrons. The van der Waals surface area contributed by atoms with Crippen LogP contribution in [0.4, 0.5) is 0 Å². The van der Waals surface area contributed by atoms with Crippen molar-refractivity contribution in [3.63, 3.8) is 0 Å². The molecule has 3 N–H and O–H groups in total. The van der Waals surface area contributed by atoms with E-state index in [0.717, 1.165) is 17.5 Å². The van der Waals surface area contributed by atoms with Crippen LogP contribution in [0, 0.1) is 0 Å². The first-order chi connectivity index (χ1) is 8.31. The van der Waals surface area contributed by atoms with Gasteiger partial charge in [-0.3, -0.25) is 4.98 Å². The Kier molecular flexibility index (Phi) is 3.85. The molecular weight excluding hydrogens is 212 g/mol. The van der Waals surface area contributed by atoms with Gasteiger partial charge in [-0.25, -0.2) is 0 Å². The summed E-state index contributed by atoms with van der Waals surface area (Å²) in [6.45, 7) is 0.614. The van der Waals surface area contributed by atoms with E-state index in [9.17, 15) is 5.11 Å². The number of benzene rings is 1. The lowest BCUT2D eigenvalue weighted by Gasteiger charge is -2.11. The minimum atomic E-state index is -0.672. The van der Waals surface area contributed by atoms with Gasteiger partial charge >= 0.3 is 0 Å². The van der Waals surface area contributed by atoms with Gasteiger partial charge in [-0.2, -0.15) is 0 Å². The van der Waals surface area contributed by atoms with Crippen molar-refractivity contribution in [2.24, 2.45) is 5.73 Å². The van der Waals surface area contributed by atoms with Crippen LogP contribution in [0.3, 0.4) is 0 Å². The highest BCUT2D eigenvalue weighted by Crippen LogP contribution is 2.20. The summed E-state index contributed by atoms with van der Waals surface area (Å²) in [5, 5.41) is 10.2. The molecule has 3 heteroatoms. The average Bonchev–Trinajstić information content (AvgIpc) is 2.40. The van der Waals surface area contributed by atoms with Gasteiger partial charge in [0.1, 0.15) is 6.10 Å². The molecule has 2 rings (SSSR count). The molecule has 0 bridgehead atoms. The fourth-order valence-corrected chi connectivity index (χ4v) is 1.79. The van der Waals surface area contributed by atoms with E-state index in [1.165, 1.54) is 0 Å². The van der Waals surface area contributed by atoms with Gasteiger partial charge in [-0.05, 0) is 36.2 Å². The van der Waals surface area contributed by atoms with E-state index in [2.05, 4.69) is 4.98 Å². The molecule has 0 radical (unpaired) electrons. The first-order valence-electron chi connectivity index (χ1n) is 5.69. The minimum Gasteiger partial charge on any atom is -0.382 e. The summed E-state index contributed by atoms with van der Waals surface area (Å²) in [6.07, 6.45) is 1.83. The van der Waals surface area contributed by atoms with Gasteiger partial charge in [-0.1, -0.05) is 30.3 Å². The van der Waals surface area contributed by atoms with Gasteiger partial charge in [0.05, 0.1) is 5.69 Å². The van der Waals surface area contributed by atoms with Crippen molar-refractivity contribution in [1.29, 1.82) is 0 Å². The highest BCUT2D eigenvalue weighted by atomic mass is 16.3. The molecule has 0 aliphatic carbocycles. The Morgan fingerprint density at radius 3 is 2.76 bits per heavy atom. The third kappa shape index (κ3) is 2.90. The van der Waals surface area contributed by atoms with Gasteiger partial charge in [0.2, 0.25) is 0 Å². The van der Waals surface area contributed by atoms with E-state index in [1.807, 2.05) is 42.5 Å². The molecule has 0 amide bonds. The van der Waals surface area contributed by atoms with Crippen molar-refractivity contribution < 1.29 is 5.11 Å². The summed E-state index contributed by atoms with van der Waals surface area (Å²) in [5.74, 6) is 0. The molecule has 1 atom stereocenters. The Labute approximate surface area is 101 Å². The normalized spacial score (nSPS) is 12.4. The van der Waals surface area contributed by atoms with Crippen molar-refractivity contribution in [2.45, 2.75) is 12.5 Å². The van der Waals surface area contributed by atoms with Gasteiger partial charge in [-0.15, -0.1) is 0 Å². The van der Waals surface area contributed by atoms with Crippen LogP contribution in [-0.4, -0.2) is 16.6 Å². The molecule has 1 unspecified atom stereocenters. The molecule has 1 aromatic heterocycles. The summed E-state index contributed by atoms with van der Waals surface area (Å²) in [6, 6.07) is 13.4. The van der Waals surface area contributed by atoms with Crippen LogP contribution in [0.1, 0.15) is 22.9 Å². The lowest BCUT2D eigenvalue weighted by Crippen LogP contribution is -2.05. The monoisotopic (exact) mass is 228 g/mol. The number of aromatic nitrogens is 1. The summed E-state index contributed by atoms with van der Waals surface area (Å²) >= 11 is 0. The fraction of sp³-hybridized carbons (Fsp3) is 0.214. The quantitative estimate of drug-likeness (QED) is 0.836. The Hall–Kier alpha value is -1.71. The second-order valence-electron chi connectivity index (χ2n) is 3.94.